The summed E-state index contributed by atoms with van der Waals surface area (Å²) in [5.74, 6) is -2.09. The van der Waals surface area contributed by atoms with Crippen LogP contribution in [0.15, 0.2) is 24.7 Å². The summed E-state index contributed by atoms with van der Waals surface area (Å²) in [5.41, 5.74) is 0.140. The summed E-state index contributed by atoms with van der Waals surface area (Å²) in [6.45, 7) is 4.47. The molecule has 126 valence electrons. The van der Waals surface area contributed by atoms with Crippen LogP contribution < -0.4 is 4.90 Å². The number of hydrogen-bond acceptors (Lipinski definition) is 5. The quantitative estimate of drug-likeness (QED) is 0.809. The van der Waals surface area contributed by atoms with Gasteiger partial charge >= 0.3 is 0 Å². The number of benzene rings is 1. The van der Waals surface area contributed by atoms with E-state index in [1.54, 1.807) is 4.90 Å². The van der Waals surface area contributed by atoms with E-state index in [4.69, 9.17) is 4.74 Å². The normalized spacial score (nSPS) is 20.9. The SMILES string of the molecule is CC1CN(c2c(C=O)cc(-c3cnccn3)c(F)c2F)CC(C)O1. The number of rotatable bonds is 3. The van der Waals surface area contributed by atoms with E-state index in [1.807, 2.05) is 13.8 Å². The van der Waals surface area contributed by atoms with Gasteiger partial charge in [-0.05, 0) is 19.9 Å². The molecule has 1 aromatic carbocycles. The summed E-state index contributed by atoms with van der Waals surface area (Å²) in [4.78, 5) is 21.0. The highest BCUT2D eigenvalue weighted by molar-refractivity contribution is 5.88. The van der Waals surface area contributed by atoms with Crippen molar-refractivity contribution in [2.24, 2.45) is 0 Å². The van der Waals surface area contributed by atoms with Crippen LogP contribution in [0.4, 0.5) is 14.5 Å². The van der Waals surface area contributed by atoms with Gasteiger partial charge in [0, 0.05) is 36.6 Å². The summed E-state index contributed by atoms with van der Waals surface area (Å²) >= 11 is 0. The Morgan fingerprint density at radius 1 is 1.21 bits per heavy atom. The van der Waals surface area contributed by atoms with Gasteiger partial charge in [-0.2, -0.15) is 0 Å². The third kappa shape index (κ3) is 2.99. The van der Waals surface area contributed by atoms with Gasteiger partial charge in [0.05, 0.1) is 29.8 Å². The highest BCUT2D eigenvalue weighted by Crippen LogP contribution is 2.33. The Morgan fingerprint density at radius 2 is 1.92 bits per heavy atom. The van der Waals surface area contributed by atoms with Crippen molar-refractivity contribution in [2.45, 2.75) is 26.1 Å². The van der Waals surface area contributed by atoms with E-state index in [0.29, 0.717) is 19.4 Å². The van der Waals surface area contributed by atoms with Gasteiger partial charge in [0.1, 0.15) is 0 Å². The lowest BCUT2D eigenvalue weighted by molar-refractivity contribution is -0.00546. The Morgan fingerprint density at radius 3 is 2.50 bits per heavy atom. The molecule has 0 bridgehead atoms. The Balaban J connectivity index is 2.11. The van der Waals surface area contributed by atoms with E-state index in [0.717, 1.165) is 0 Å². The Bertz CT molecular complexity index is 745. The van der Waals surface area contributed by atoms with Crippen molar-refractivity contribution in [1.82, 2.24) is 9.97 Å². The van der Waals surface area contributed by atoms with Crippen molar-refractivity contribution in [2.75, 3.05) is 18.0 Å². The second kappa shape index (κ2) is 6.60. The Kier molecular flexibility index (Phi) is 4.53. The second-order valence-electron chi connectivity index (χ2n) is 5.86. The largest absolute Gasteiger partial charge is 0.372 e. The van der Waals surface area contributed by atoms with Crippen molar-refractivity contribution >= 4 is 12.0 Å². The van der Waals surface area contributed by atoms with E-state index >= 15 is 0 Å². The molecule has 2 heterocycles. The molecule has 24 heavy (non-hydrogen) atoms. The van der Waals surface area contributed by atoms with Gasteiger partial charge in [0.2, 0.25) is 0 Å². The number of carbonyl (C=O) groups excluding carboxylic acids is 1. The van der Waals surface area contributed by atoms with Crippen LogP contribution in [0.5, 0.6) is 0 Å². The predicted molar refractivity (Wildman–Crippen MR) is 85.0 cm³/mol. The summed E-state index contributed by atoms with van der Waals surface area (Å²) in [7, 11) is 0. The molecule has 2 unspecified atom stereocenters. The molecule has 2 aromatic rings. The molecule has 1 fully saturated rings. The highest BCUT2D eigenvalue weighted by Gasteiger charge is 2.29. The van der Waals surface area contributed by atoms with Gasteiger partial charge in [0.25, 0.3) is 0 Å². The average molecular weight is 333 g/mol. The minimum Gasteiger partial charge on any atom is -0.372 e. The molecule has 0 saturated carbocycles. The highest BCUT2D eigenvalue weighted by atomic mass is 19.2. The fourth-order valence-corrected chi connectivity index (χ4v) is 3.03. The van der Waals surface area contributed by atoms with Crippen molar-refractivity contribution in [3.05, 3.63) is 41.9 Å². The lowest BCUT2D eigenvalue weighted by Crippen LogP contribution is -2.46. The first-order valence-electron chi connectivity index (χ1n) is 7.65. The molecule has 0 spiro atoms. The summed E-state index contributed by atoms with van der Waals surface area (Å²) in [6, 6.07) is 1.32. The molecule has 3 rings (SSSR count). The molecular formula is C17H17F2N3O2. The van der Waals surface area contributed by atoms with Crippen LogP contribution in [0.2, 0.25) is 0 Å². The van der Waals surface area contributed by atoms with Gasteiger partial charge in [-0.1, -0.05) is 0 Å². The number of nitrogens with zero attached hydrogens (tertiary/aromatic N) is 3. The molecule has 5 nitrogen and oxygen atoms in total. The third-order valence-corrected chi connectivity index (χ3v) is 3.91. The monoisotopic (exact) mass is 333 g/mol. The second-order valence-corrected chi connectivity index (χ2v) is 5.86. The molecule has 1 aliphatic rings. The van der Waals surface area contributed by atoms with Gasteiger partial charge in [-0.3, -0.25) is 14.8 Å². The molecular weight excluding hydrogens is 316 g/mol. The average Bonchev–Trinajstić information content (AvgIpc) is 2.56. The number of hydrogen-bond donors (Lipinski definition) is 0. The first kappa shape index (κ1) is 16.4. The molecule has 7 heteroatoms. The maximum absolute atomic E-state index is 14.8. The number of anilines is 1. The molecule has 1 aliphatic heterocycles. The first-order valence-corrected chi connectivity index (χ1v) is 7.65. The number of aromatic nitrogens is 2. The molecule has 0 aliphatic carbocycles. The van der Waals surface area contributed by atoms with Crippen LogP contribution in [-0.4, -0.2) is 41.6 Å². The van der Waals surface area contributed by atoms with Crippen molar-refractivity contribution in [3.8, 4) is 11.3 Å². The standard InChI is InChI=1S/C17H17F2N3O2/c1-10-7-22(8-11(2)24-10)17-12(9-23)5-13(15(18)16(17)19)14-6-20-3-4-21-14/h3-6,9-11H,7-8H2,1-2H3. The molecule has 1 saturated heterocycles. The smallest absolute Gasteiger partial charge is 0.183 e. The van der Waals surface area contributed by atoms with E-state index in [1.165, 1.54) is 24.7 Å². The predicted octanol–water partition coefficient (Wildman–Crippen LogP) is 2.85. The molecule has 0 radical (unpaired) electrons. The topological polar surface area (TPSA) is 55.3 Å². The minimum absolute atomic E-state index is 0.0304. The lowest BCUT2D eigenvalue weighted by Gasteiger charge is -2.37. The van der Waals surface area contributed by atoms with E-state index < -0.39 is 11.6 Å². The van der Waals surface area contributed by atoms with Gasteiger partial charge in [-0.25, -0.2) is 8.78 Å². The van der Waals surface area contributed by atoms with Gasteiger partial charge in [0.15, 0.2) is 17.9 Å². The maximum Gasteiger partial charge on any atom is 0.183 e. The minimum atomic E-state index is -1.05. The Hall–Kier alpha value is -2.41. The summed E-state index contributed by atoms with van der Waals surface area (Å²) in [6.07, 6.45) is 4.38. The zero-order valence-corrected chi connectivity index (χ0v) is 13.4. The van der Waals surface area contributed by atoms with Gasteiger partial charge in [-0.15, -0.1) is 0 Å². The maximum atomic E-state index is 14.8. The van der Waals surface area contributed by atoms with E-state index in [9.17, 15) is 13.6 Å². The fourth-order valence-electron chi connectivity index (χ4n) is 3.03. The number of morpholine rings is 1. The number of aldehydes is 1. The van der Waals surface area contributed by atoms with Crippen molar-refractivity contribution in [3.63, 3.8) is 0 Å². The fraction of sp³-hybridized carbons (Fsp3) is 0.353. The van der Waals surface area contributed by atoms with Crippen LogP contribution in [0.1, 0.15) is 24.2 Å². The third-order valence-electron chi connectivity index (χ3n) is 3.91. The number of carbonyl (C=O) groups is 1. The lowest BCUT2D eigenvalue weighted by atomic mass is 10.0. The van der Waals surface area contributed by atoms with Crippen LogP contribution >= 0.6 is 0 Å². The zero-order valence-electron chi connectivity index (χ0n) is 13.4. The first-order chi connectivity index (χ1) is 11.5. The van der Waals surface area contributed by atoms with Crippen LogP contribution in [-0.2, 0) is 4.74 Å². The van der Waals surface area contributed by atoms with E-state index in [-0.39, 0.29) is 34.7 Å². The molecule has 0 amide bonds. The summed E-state index contributed by atoms with van der Waals surface area (Å²) in [5, 5.41) is 0. The van der Waals surface area contributed by atoms with Gasteiger partial charge < -0.3 is 9.64 Å². The van der Waals surface area contributed by atoms with E-state index in [2.05, 4.69) is 9.97 Å². The molecule has 2 atom stereocenters. The number of ether oxygens (including phenoxy) is 1. The van der Waals surface area contributed by atoms with Crippen LogP contribution in [0.25, 0.3) is 11.3 Å². The van der Waals surface area contributed by atoms with Crippen LogP contribution in [0, 0.1) is 11.6 Å². The molecule has 1 aromatic heterocycles. The Labute approximate surface area is 138 Å². The van der Waals surface area contributed by atoms with Crippen molar-refractivity contribution in [1.29, 1.82) is 0 Å². The number of halogens is 2. The van der Waals surface area contributed by atoms with Crippen LogP contribution in [0.3, 0.4) is 0 Å². The molecule has 0 N–H and O–H groups in total. The van der Waals surface area contributed by atoms with Crippen molar-refractivity contribution < 1.29 is 18.3 Å². The summed E-state index contributed by atoms with van der Waals surface area (Å²) < 4.78 is 35.0. The zero-order chi connectivity index (χ0) is 17.3.